The molecule has 2 aliphatic heterocycles. The number of carbonyl (C=O) groups is 2. The fraction of sp³-hybridized carbons (Fsp3) is 0.136. The molecule has 0 aliphatic carbocycles. The number of amides is 3. The number of imide groups is 1. The molecule has 3 amide bonds. The van der Waals surface area contributed by atoms with Crippen molar-refractivity contribution in [3.8, 4) is 5.75 Å². The molecule has 1 N–H and O–H groups in total. The summed E-state index contributed by atoms with van der Waals surface area (Å²) in [7, 11) is 1.34. The summed E-state index contributed by atoms with van der Waals surface area (Å²) in [5.74, 6) is -1.68. The van der Waals surface area contributed by atoms with Crippen molar-refractivity contribution in [3.63, 3.8) is 0 Å². The third kappa shape index (κ3) is 3.20. The van der Waals surface area contributed by atoms with E-state index in [1.165, 1.54) is 49.5 Å². The standard InChI is InChI=1S/C22H14ClF2N3O3S/c1-31-17-5-11(12(23)6-14(17)25)18-7-15-20(32-18)21(29)28(22(30)27-15)16-9-26-8-10-3-2-4-13(24)19(10)16/h2-9,15,20H,1H3,(H,27,30). The maximum atomic E-state index is 14.6. The lowest BCUT2D eigenvalue weighted by Gasteiger charge is -2.33. The number of ether oxygens (including phenoxy) is 1. The number of nitrogens with one attached hydrogen (secondary N) is 1. The third-order valence-electron chi connectivity index (χ3n) is 5.33. The van der Waals surface area contributed by atoms with Crippen LogP contribution in [0.4, 0.5) is 19.3 Å². The van der Waals surface area contributed by atoms with Crippen molar-refractivity contribution in [2.45, 2.75) is 11.3 Å². The molecule has 0 spiro atoms. The zero-order valence-electron chi connectivity index (χ0n) is 16.4. The zero-order valence-corrected chi connectivity index (χ0v) is 18.0. The number of anilines is 1. The molecule has 2 unspecified atom stereocenters. The number of thioether (sulfide) groups is 1. The maximum Gasteiger partial charge on any atom is 0.329 e. The number of rotatable bonds is 3. The average Bonchev–Trinajstić information content (AvgIpc) is 3.18. The van der Waals surface area contributed by atoms with Crippen molar-refractivity contribution in [2.24, 2.45) is 0 Å². The minimum atomic E-state index is -0.711. The van der Waals surface area contributed by atoms with Crippen molar-refractivity contribution >= 4 is 56.7 Å². The van der Waals surface area contributed by atoms with Crippen molar-refractivity contribution in [2.75, 3.05) is 12.0 Å². The third-order valence-corrected chi connectivity index (χ3v) is 7.00. The van der Waals surface area contributed by atoms with Gasteiger partial charge in [-0.1, -0.05) is 23.7 Å². The van der Waals surface area contributed by atoms with E-state index in [1.54, 1.807) is 12.1 Å². The highest BCUT2D eigenvalue weighted by molar-refractivity contribution is 8.09. The number of carbonyl (C=O) groups excluding carboxylic acids is 2. The Labute approximate surface area is 190 Å². The monoisotopic (exact) mass is 473 g/mol. The molecule has 5 rings (SSSR count). The van der Waals surface area contributed by atoms with Gasteiger partial charge < -0.3 is 10.1 Å². The van der Waals surface area contributed by atoms with Crippen molar-refractivity contribution in [3.05, 3.63) is 71.0 Å². The largest absolute Gasteiger partial charge is 0.494 e. The molecule has 0 radical (unpaired) electrons. The van der Waals surface area contributed by atoms with E-state index in [0.717, 1.165) is 11.0 Å². The number of benzene rings is 2. The highest BCUT2D eigenvalue weighted by Crippen LogP contribution is 2.46. The van der Waals surface area contributed by atoms with Crippen LogP contribution in [0.3, 0.4) is 0 Å². The number of pyridine rings is 1. The fourth-order valence-corrected chi connectivity index (χ4v) is 5.45. The molecule has 1 saturated heterocycles. The summed E-state index contributed by atoms with van der Waals surface area (Å²) in [5, 5.41) is 2.81. The molecule has 1 aromatic heterocycles. The van der Waals surface area contributed by atoms with Crippen LogP contribution in [0.25, 0.3) is 15.7 Å². The average molecular weight is 474 g/mol. The number of hydrogen-bond donors (Lipinski definition) is 1. The van der Waals surface area contributed by atoms with Crippen LogP contribution in [0, 0.1) is 11.6 Å². The summed E-state index contributed by atoms with van der Waals surface area (Å²) < 4.78 is 33.5. The van der Waals surface area contributed by atoms with E-state index in [-0.39, 0.29) is 21.8 Å². The number of nitrogens with zero attached hydrogens (tertiary/aromatic N) is 2. The zero-order chi connectivity index (χ0) is 22.6. The summed E-state index contributed by atoms with van der Waals surface area (Å²) >= 11 is 7.41. The molecule has 2 aromatic carbocycles. The molecule has 10 heteroatoms. The Kier molecular flexibility index (Phi) is 5.02. The predicted octanol–water partition coefficient (Wildman–Crippen LogP) is 4.76. The lowest BCUT2D eigenvalue weighted by molar-refractivity contribution is -0.118. The Bertz CT molecular complexity index is 1330. The lowest BCUT2D eigenvalue weighted by atomic mass is 10.1. The number of urea groups is 1. The van der Waals surface area contributed by atoms with Gasteiger partial charge >= 0.3 is 6.03 Å². The minimum Gasteiger partial charge on any atom is -0.494 e. The van der Waals surface area contributed by atoms with Crippen LogP contribution in [0.1, 0.15) is 5.56 Å². The van der Waals surface area contributed by atoms with E-state index < -0.39 is 34.9 Å². The van der Waals surface area contributed by atoms with Gasteiger partial charge in [-0.2, -0.15) is 0 Å². The van der Waals surface area contributed by atoms with E-state index in [4.69, 9.17) is 16.3 Å². The Morgan fingerprint density at radius 1 is 1.19 bits per heavy atom. The highest BCUT2D eigenvalue weighted by Gasteiger charge is 2.46. The van der Waals surface area contributed by atoms with Gasteiger partial charge in [-0.25, -0.2) is 18.5 Å². The number of aromatic nitrogens is 1. The first-order chi connectivity index (χ1) is 15.4. The van der Waals surface area contributed by atoms with Crippen LogP contribution in [0.5, 0.6) is 5.75 Å². The first-order valence-electron chi connectivity index (χ1n) is 9.47. The summed E-state index contributed by atoms with van der Waals surface area (Å²) in [4.78, 5) is 31.8. The van der Waals surface area contributed by atoms with E-state index in [1.807, 2.05) is 0 Å². The van der Waals surface area contributed by atoms with Crippen LogP contribution in [0.2, 0.25) is 5.02 Å². The molecule has 3 heterocycles. The number of fused-ring (bicyclic) bond motifs is 2. The molecule has 2 aliphatic rings. The molecule has 0 bridgehead atoms. The molecule has 32 heavy (non-hydrogen) atoms. The minimum absolute atomic E-state index is 0.00932. The second-order valence-corrected chi connectivity index (χ2v) is 8.77. The predicted molar refractivity (Wildman–Crippen MR) is 119 cm³/mol. The van der Waals surface area contributed by atoms with Gasteiger partial charge in [-0.15, -0.1) is 11.8 Å². The van der Waals surface area contributed by atoms with Crippen LogP contribution >= 0.6 is 23.4 Å². The summed E-state index contributed by atoms with van der Waals surface area (Å²) in [6, 6.07) is 5.73. The molecule has 6 nitrogen and oxygen atoms in total. The molecular weight excluding hydrogens is 460 g/mol. The Hall–Kier alpha value is -3.17. The summed E-state index contributed by atoms with van der Waals surface area (Å²) in [5.41, 5.74) is 0.549. The molecule has 0 saturated carbocycles. The summed E-state index contributed by atoms with van der Waals surface area (Å²) in [6.45, 7) is 0. The first kappa shape index (κ1) is 20.7. The lowest BCUT2D eigenvalue weighted by Crippen LogP contribution is -2.60. The SMILES string of the molecule is COc1cc(C2=CC3NC(=O)N(c4cncc5cccc(F)c45)C(=O)C3S2)c(Cl)cc1F. The van der Waals surface area contributed by atoms with E-state index >= 15 is 0 Å². The number of hydrogen-bond acceptors (Lipinski definition) is 5. The van der Waals surface area contributed by atoms with Crippen LogP contribution < -0.4 is 15.0 Å². The van der Waals surface area contributed by atoms with Crippen LogP contribution in [0.15, 0.2) is 48.8 Å². The summed E-state index contributed by atoms with van der Waals surface area (Å²) in [6.07, 6.45) is 4.45. The quantitative estimate of drug-likeness (QED) is 0.594. The Balaban J connectivity index is 1.52. The van der Waals surface area contributed by atoms with Gasteiger partial charge in [0.15, 0.2) is 11.6 Å². The normalized spacial score (nSPS) is 20.2. The van der Waals surface area contributed by atoms with Crippen LogP contribution in [-0.4, -0.2) is 35.3 Å². The second-order valence-electron chi connectivity index (χ2n) is 7.18. The van der Waals surface area contributed by atoms with Gasteiger partial charge in [-0.05, 0) is 24.3 Å². The molecule has 162 valence electrons. The van der Waals surface area contributed by atoms with Gasteiger partial charge in [0.2, 0.25) is 0 Å². The molecule has 1 fully saturated rings. The first-order valence-corrected chi connectivity index (χ1v) is 10.7. The van der Waals surface area contributed by atoms with Crippen LogP contribution in [-0.2, 0) is 4.79 Å². The molecule has 3 aromatic rings. The van der Waals surface area contributed by atoms with Crippen molar-refractivity contribution < 1.29 is 23.1 Å². The maximum absolute atomic E-state index is 14.6. The van der Waals surface area contributed by atoms with E-state index in [0.29, 0.717) is 15.9 Å². The van der Waals surface area contributed by atoms with Gasteiger partial charge in [0.05, 0.1) is 30.1 Å². The fourth-order valence-electron chi connectivity index (χ4n) is 3.85. The van der Waals surface area contributed by atoms with Gasteiger partial charge in [0.25, 0.3) is 5.91 Å². The molecular formula is C22H14ClF2N3O3S. The Morgan fingerprint density at radius 2 is 2.00 bits per heavy atom. The highest BCUT2D eigenvalue weighted by atomic mass is 35.5. The number of halogens is 3. The van der Waals surface area contributed by atoms with Crippen molar-refractivity contribution in [1.29, 1.82) is 0 Å². The van der Waals surface area contributed by atoms with Gasteiger partial charge in [-0.3, -0.25) is 9.78 Å². The van der Waals surface area contributed by atoms with E-state index in [9.17, 15) is 18.4 Å². The second kappa shape index (κ2) is 7.75. The van der Waals surface area contributed by atoms with Gasteiger partial charge in [0, 0.05) is 27.4 Å². The van der Waals surface area contributed by atoms with Crippen molar-refractivity contribution in [1.82, 2.24) is 10.3 Å². The smallest absolute Gasteiger partial charge is 0.329 e. The topological polar surface area (TPSA) is 71.5 Å². The molecule has 2 atom stereocenters. The number of methoxy groups -OCH3 is 1. The van der Waals surface area contributed by atoms with E-state index in [2.05, 4.69) is 10.3 Å². The van der Waals surface area contributed by atoms with Gasteiger partial charge in [0.1, 0.15) is 11.1 Å². The Morgan fingerprint density at radius 3 is 2.78 bits per heavy atom.